The third-order valence-corrected chi connectivity index (χ3v) is 3.22. The van der Waals surface area contributed by atoms with Gasteiger partial charge in [-0.25, -0.2) is 17.6 Å². The first-order valence-electron chi connectivity index (χ1n) is 5.56. The number of ether oxygens (including phenoxy) is 1. The molecule has 0 saturated heterocycles. The predicted molar refractivity (Wildman–Crippen MR) is 67.0 cm³/mol. The van der Waals surface area contributed by atoms with Gasteiger partial charge in [-0.05, 0) is 12.1 Å². The first-order valence-corrected chi connectivity index (χ1v) is 6.00. The van der Waals surface area contributed by atoms with Crippen LogP contribution in [0.2, 0.25) is 0 Å². The lowest BCUT2D eigenvalue weighted by Gasteiger charge is -2.16. The molecule has 0 aliphatic rings. The third-order valence-electron chi connectivity index (χ3n) is 2.78. The van der Waals surface area contributed by atoms with E-state index in [9.17, 15) is 17.6 Å². The molecule has 106 valence electrons. The zero-order valence-electron chi connectivity index (χ0n) is 10.3. The van der Waals surface area contributed by atoms with E-state index in [2.05, 4.69) is 0 Å². The summed E-state index contributed by atoms with van der Waals surface area (Å²) in [6.07, 6.45) is 0. The van der Waals surface area contributed by atoms with Gasteiger partial charge in [0.05, 0.1) is 18.1 Å². The van der Waals surface area contributed by atoms with Gasteiger partial charge in [0.2, 0.25) is 0 Å². The summed E-state index contributed by atoms with van der Waals surface area (Å²) in [4.78, 5) is 0. The zero-order valence-corrected chi connectivity index (χ0v) is 11.0. The van der Waals surface area contributed by atoms with Crippen LogP contribution in [0.15, 0.2) is 30.3 Å². The van der Waals surface area contributed by atoms with E-state index in [1.54, 1.807) is 0 Å². The second kappa shape index (κ2) is 5.71. The van der Waals surface area contributed by atoms with Crippen LogP contribution in [0.4, 0.5) is 17.6 Å². The van der Waals surface area contributed by atoms with Gasteiger partial charge in [-0.3, -0.25) is 0 Å². The van der Waals surface area contributed by atoms with Crippen molar-refractivity contribution in [1.29, 1.82) is 0 Å². The summed E-state index contributed by atoms with van der Waals surface area (Å²) in [7, 11) is 1.28. The molecule has 2 aromatic rings. The molecule has 1 atom stereocenters. The second-order valence-electron chi connectivity index (χ2n) is 4.00. The Morgan fingerprint density at radius 2 is 1.55 bits per heavy atom. The molecule has 0 aliphatic heterocycles. The zero-order chi connectivity index (χ0) is 14.9. The van der Waals surface area contributed by atoms with Crippen molar-refractivity contribution in [3.63, 3.8) is 0 Å². The minimum absolute atomic E-state index is 0.0492. The highest BCUT2D eigenvalue weighted by Crippen LogP contribution is 2.39. The summed E-state index contributed by atoms with van der Waals surface area (Å²) in [6.45, 7) is 0. The molecule has 0 saturated carbocycles. The fourth-order valence-corrected chi connectivity index (χ4v) is 2.30. The molecule has 6 heteroatoms. The van der Waals surface area contributed by atoms with Crippen molar-refractivity contribution in [3.05, 3.63) is 64.7 Å². The molecule has 0 amide bonds. The molecule has 0 aliphatic carbocycles. The van der Waals surface area contributed by atoms with Crippen LogP contribution >= 0.6 is 11.6 Å². The van der Waals surface area contributed by atoms with E-state index < -0.39 is 34.2 Å². The van der Waals surface area contributed by atoms with Gasteiger partial charge in [0.1, 0.15) is 29.0 Å². The van der Waals surface area contributed by atoms with Crippen molar-refractivity contribution in [2.75, 3.05) is 7.11 Å². The first kappa shape index (κ1) is 14.7. The summed E-state index contributed by atoms with van der Waals surface area (Å²) in [5.41, 5.74) is -0.836. The van der Waals surface area contributed by atoms with Crippen LogP contribution in [0, 0.1) is 23.3 Å². The number of hydrogen-bond acceptors (Lipinski definition) is 1. The Hall–Kier alpha value is -1.75. The van der Waals surface area contributed by atoms with Gasteiger partial charge >= 0.3 is 0 Å². The molecule has 0 aromatic heterocycles. The summed E-state index contributed by atoms with van der Waals surface area (Å²) in [6, 6.07) is 4.85. The van der Waals surface area contributed by atoms with Crippen molar-refractivity contribution in [1.82, 2.24) is 0 Å². The fraction of sp³-hybridized carbons (Fsp3) is 0.143. The third kappa shape index (κ3) is 2.58. The lowest BCUT2D eigenvalue weighted by Crippen LogP contribution is -2.06. The van der Waals surface area contributed by atoms with Gasteiger partial charge in [0.25, 0.3) is 0 Å². The van der Waals surface area contributed by atoms with Gasteiger partial charge in [-0.15, -0.1) is 11.6 Å². The number of hydrogen-bond donors (Lipinski definition) is 0. The van der Waals surface area contributed by atoms with E-state index in [4.69, 9.17) is 16.3 Å². The van der Waals surface area contributed by atoms with Gasteiger partial charge < -0.3 is 4.74 Å². The Balaban J connectivity index is 2.61. The minimum Gasteiger partial charge on any atom is -0.496 e. The van der Waals surface area contributed by atoms with Crippen molar-refractivity contribution in [2.45, 2.75) is 5.38 Å². The normalized spacial score (nSPS) is 12.3. The molecule has 2 aromatic carbocycles. The summed E-state index contributed by atoms with van der Waals surface area (Å²) in [5, 5.41) is -1.48. The van der Waals surface area contributed by atoms with E-state index >= 15 is 0 Å². The topological polar surface area (TPSA) is 9.23 Å². The van der Waals surface area contributed by atoms with E-state index in [0.29, 0.717) is 12.1 Å². The largest absolute Gasteiger partial charge is 0.496 e. The first-order chi connectivity index (χ1) is 9.45. The molecule has 0 heterocycles. The molecular weight excluding hydrogens is 296 g/mol. The Bertz CT molecular complexity index is 622. The van der Waals surface area contributed by atoms with Crippen molar-refractivity contribution >= 4 is 11.6 Å². The number of alkyl halides is 1. The summed E-state index contributed by atoms with van der Waals surface area (Å²) < 4.78 is 59.0. The maximum Gasteiger partial charge on any atom is 0.134 e. The van der Waals surface area contributed by atoms with Crippen LogP contribution in [0.5, 0.6) is 5.75 Å². The minimum atomic E-state index is -1.48. The van der Waals surface area contributed by atoms with E-state index in [1.807, 2.05) is 0 Å². The monoisotopic (exact) mass is 304 g/mol. The maximum atomic E-state index is 13.8. The van der Waals surface area contributed by atoms with E-state index in [-0.39, 0.29) is 11.3 Å². The summed E-state index contributed by atoms with van der Waals surface area (Å²) in [5.74, 6) is -4.17. The number of halogens is 5. The highest BCUT2D eigenvalue weighted by atomic mass is 35.5. The predicted octanol–water partition coefficient (Wildman–Crippen LogP) is 4.58. The molecule has 2 rings (SSSR count). The van der Waals surface area contributed by atoms with Crippen molar-refractivity contribution in [3.8, 4) is 5.75 Å². The van der Waals surface area contributed by atoms with Crippen LogP contribution in [0.1, 0.15) is 16.5 Å². The lowest BCUT2D eigenvalue weighted by molar-refractivity contribution is 0.404. The second-order valence-corrected chi connectivity index (χ2v) is 4.44. The van der Waals surface area contributed by atoms with Crippen LogP contribution in [0.3, 0.4) is 0 Å². The average molecular weight is 305 g/mol. The molecule has 1 nitrogen and oxygen atoms in total. The van der Waals surface area contributed by atoms with Gasteiger partial charge in [0.15, 0.2) is 0 Å². The maximum absolute atomic E-state index is 13.8. The van der Waals surface area contributed by atoms with Crippen LogP contribution < -0.4 is 4.74 Å². The molecule has 0 spiro atoms. The molecule has 20 heavy (non-hydrogen) atoms. The number of benzene rings is 2. The quantitative estimate of drug-likeness (QED) is 0.596. The van der Waals surface area contributed by atoms with Gasteiger partial charge in [0, 0.05) is 17.7 Å². The Morgan fingerprint density at radius 1 is 0.950 bits per heavy atom. The van der Waals surface area contributed by atoms with Crippen molar-refractivity contribution in [2.24, 2.45) is 0 Å². The Morgan fingerprint density at radius 3 is 2.10 bits per heavy atom. The molecule has 0 N–H and O–H groups in total. The Labute approximate surface area is 117 Å². The molecule has 0 radical (unpaired) electrons. The molecule has 0 fully saturated rings. The average Bonchev–Trinajstić information content (AvgIpc) is 2.36. The molecule has 0 bridgehead atoms. The van der Waals surface area contributed by atoms with E-state index in [1.165, 1.54) is 19.2 Å². The lowest BCUT2D eigenvalue weighted by atomic mass is 10.0. The van der Waals surface area contributed by atoms with Crippen LogP contribution in [0.25, 0.3) is 0 Å². The SMILES string of the molecule is COc1cccc(F)c1C(Cl)c1c(F)cc(F)cc1F. The van der Waals surface area contributed by atoms with Crippen LogP contribution in [-0.4, -0.2) is 7.11 Å². The Kier molecular flexibility index (Phi) is 4.18. The highest BCUT2D eigenvalue weighted by molar-refractivity contribution is 6.22. The standard InChI is InChI=1S/C14H9ClF4O/c1-20-11-4-2-3-8(17)13(11)14(15)12-9(18)5-7(16)6-10(12)19/h2-6,14H,1H3. The summed E-state index contributed by atoms with van der Waals surface area (Å²) >= 11 is 5.96. The van der Waals surface area contributed by atoms with E-state index in [0.717, 1.165) is 6.07 Å². The van der Waals surface area contributed by atoms with Crippen LogP contribution in [-0.2, 0) is 0 Å². The highest BCUT2D eigenvalue weighted by Gasteiger charge is 2.26. The number of methoxy groups -OCH3 is 1. The smallest absolute Gasteiger partial charge is 0.134 e. The molecule has 1 unspecified atom stereocenters. The fourth-order valence-electron chi connectivity index (χ4n) is 1.88. The van der Waals surface area contributed by atoms with Gasteiger partial charge in [-0.1, -0.05) is 6.07 Å². The van der Waals surface area contributed by atoms with Crippen molar-refractivity contribution < 1.29 is 22.3 Å². The number of rotatable bonds is 3. The van der Waals surface area contributed by atoms with Gasteiger partial charge in [-0.2, -0.15) is 0 Å². The molecular formula is C14H9ClF4O.